The van der Waals surface area contributed by atoms with Crippen LogP contribution in [-0.2, 0) is 0 Å². The first-order valence-electron chi connectivity index (χ1n) is 7.90. The molecule has 0 atom stereocenters. The minimum absolute atomic E-state index is 0.000917. The second kappa shape index (κ2) is 7.74. The van der Waals surface area contributed by atoms with Crippen LogP contribution in [-0.4, -0.2) is 52.8 Å². The number of hydrogen-bond donors (Lipinski definition) is 0. The van der Waals surface area contributed by atoms with Gasteiger partial charge in [0, 0.05) is 47.7 Å². The summed E-state index contributed by atoms with van der Waals surface area (Å²) < 4.78 is 0.953. The number of benzene rings is 1. The summed E-state index contributed by atoms with van der Waals surface area (Å²) in [6, 6.07) is 11.0. The molecule has 1 aliphatic heterocycles. The number of carbonyl (C=O) groups excluding carboxylic acids is 2. The summed E-state index contributed by atoms with van der Waals surface area (Å²) >= 11 is 2.19. The fourth-order valence-electron chi connectivity index (χ4n) is 2.81. The lowest BCUT2D eigenvalue weighted by Crippen LogP contribution is -2.37. The Morgan fingerprint density at radius 1 is 0.875 bits per heavy atom. The molecule has 2 heterocycles. The molecule has 0 saturated carbocycles. The Kier molecular flexibility index (Phi) is 5.44. The zero-order valence-corrected chi connectivity index (χ0v) is 15.3. The highest BCUT2D eigenvalue weighted by molar-refractivity contribution is 14.1. The van der Waals surface area contributed by atoms with E-state index in [4.69, 9.17) is 0 Å². The van der Waals surface area contributed by atoms with E-state index in [9.17, 15) is 9.59 Å². The SMILES string of the molecule is O=C(c1ccncc1)N1CCCN(C(=O)c2ccccc2I)CC1. The second-order valence-corrected chi connectivity index (χ2v) is 6.82. The number of pyridine rings is 1. The van der Waals surface area contributed by atoms with Crippen molar-refractivity contribution in [2.24, 2.45) is 0 Å². The van der Waals surface area contributed by atoms with Gasteiger partial charge in [0.15, 0.2) is 0 Å². The van der Waals surface area contributed by atoms with Crippen LogP contribution in [0.3, 0.4) is 0 Å². The molecule has 2 aromatic rings. The number of aromatic nitrogens is 1. The molecule has 1 saturated heterocycles. The average molecular weight is 435 g/mol. The summed E-state index contributed by atoms with van der Waals surface area (Å²) in [4.78, 5) is 32.9. The van der Waals surface area contributed by atoms with Crippen molar-refractivity contribution in [3.05, 3.63) is 63.5 Å². The van der Waals surface area contributed by atoms with Crippen LogP contribution < -0.4 is 0 Å². The number of halogens is 1. The molecular weight excluding hydrogens is 417 g/mol. The van der Waals surface area contributed by atoms with E-state index in [2.05, 4.69) is 27.6 Å². The Morgan fingerprint density at radius 3 is 2.17 bits per heavy atom. The lowest BCUT2D eigenvalue weighted by molar-refractivity contribution is 0.0718. The van der Waals surface area contributed by atoms with E-state index < -0.39 is 0 Å². The smallest absolute Gasteiger partial charge is 0.254 e. The maximum Gasteiger partial charge on any atom is 0.254 e. The number of nitrogens with zero attached hydrogens (tertiary/aromatic N) is 3. The highest BCUT2D eigenvalue weighted by Gasteiger charge is 2.24. The predicted octanol–water partition coefficient (Wildman–Crippen LogP) is 2.67. The molecule has 2 amide bonds. The fourth-order valence-corrected chi connectivity index (χ4v) is 3.42. The summed E-state index contributed by atoms with van der Waals surface area (Å²) in [6.07, 6.45) is 4.03. The van der Waals surface area contributed by atoms with Gasteiger partial charge in [0.25, 0.3) is 11.8 Å². The zero-order valence-electron chi connectivity index (χ0n) is 13.2. The first-order valence-corrected chi connectivity index (χ1v) is 8.98. The molecule has 1 aromatic heterocycles. The lowest BCUT2D eigenvalue weighted by Gasteiger charge is -2.22. The molecule has 1 fully saturated rings. The van der Waals surface area contributed by atoms with Gasteiger partial charge in [0.05, 0.1) is 5.56 Å². The molecule has 0 radical (unpaired) electrons. The molecule has 0 N–H and O–H groups in total. The molecule has 0 unspecified atom stereocenters. The first kappa shape index (κ1) is 16.9. The quantitative estimate of drug-likeness (QED) is 0.682. The minimum Gasteiger partial charge on any atom is -0.337 e. The molecule has 1 aromatic carbocycles. The van der Waals surface area contributed by atoms with Crippen molar-refractivity contribution in [1.29, 1.82) is 0 Å². The lowest BCUT2D eigenvalue weighted by atomic mass is 10.2. The van der Waals surface area contributed by atoms with Crippen molar-refractivity contribution < 1.29 is 9.59 Å². The third kappa shape index (κ3) is 3.75. The van der Waals surface area contributed by atoms with Crippen LogP contribution in [0.4, 0.5) is 0 Å². The maximum absolute atomic E-state index is 12.7. The maximum atomic E-state index is 12.7. The van der Waals surface area contributed by atoms with Gasteiger partial charge in [0.2, 0.25) is 0 Å². The Hall–Kier alpha value is -1.96. The number of carbonyl (C=O) groups is 2. The van der Waals surface area contributed by atoms with Crippen LogP contribution >= 0.6 is 22.6 Å². The largest absolute Gasteiger partial charge is 0.337 e. The number of amides is 2. The van der Waals surface area contributed by atoms with Crippen LogP contribution in [0.5, 0.6) is 0 Å². The number of rotatable bonds is 2. The molecule has 0 spiro atoms. The topological polar surface area (TPSA) is 53.5 Å². The third-order valence-corrected chi connectivity index (χ3v) is 5.04. The molecule has 0 aliphatic carbocycles. The van der Waals surface area contributed by atoms with Gasteiger partial charge in [-0.05, 0) is 53.3 Å². The highest BCUT2D eigenvalue weighted by atomic mass is 127. The molecule has 5 nitrogen and oxygen atoms in total. The van der Waals surface area contributed by atoms with Crippen LogP contribution in [0.25, 0.3) is 0 Å². The predicted molar refractivity (Wildman–Crippen MR) is 99.8 cm³/mol. The molecule has 1 aliphatic rings. The van der Waals surface area contributed by atoms with Gasteiger partial charge in [-0.1, -0.05) is 12.1 Å². The first-order chi connectivity index (χ1) is 11.7. The van der Waals surface area contributed by atoms with Gasteiger partial charge in [0.1, 0.15) is 0 Å². The van der Waals surface area contributed by atoms with Crippen LogP contribution in [0, 0.1) is 3.57 Å². The van der Waals surface area contributed by atoms with Gasteiger partial charge < -0.3 is 9.80 Å². The summed E-state index contributed by atoms with van der Waals surface area (Å²) in [6.45, 7) is 2.44. The van der Waals surface area contributed by atoms with Gasteiger partial charge in [-0.15, -0.1) is 0 Å². The van der Waals surface area contributed by atoms with Crippen molar-refractivity contribution >= 4 is 34.4 Å². The van der Waals surface area contributed by atoms with E-state index in [0.29, 0.717) is 31.7 Å². The van der Waals surface area contributed by atoms with E-state index in [1.807, 2.05) is 34.1 Å². The molecule has 124 valence electrons. The zero-order chi connectivity index (χ0) is 16.9. The Bertz CT molecular complexity index is 736. The summed E-state index contributed by atoms with van der Waals surface area (Å²) in [5, 5.41) is 0. The second-order valence-electron chi connectivity index (χ2n) is 5.65. The molecule has 0 bridgehead atoms. The van der Waals surface area contributed by atoms with E-state index >= 15 is 0 Å². The van der Waals surface area contributed by atoms with Gasteiger partial charge in [-0.2, -0.15) is 0 Å². The van der Waals surface area contributed by atoms with Crippen LogP contribution in [0.1, 0.15) is 27.1 Å². The summed E-state index contributed by atoms with van der Waals surface area (Å²) in [7, 11) is 0. The number of hydrogen-bond acceptors (Lipinski definition) is 3. The van der Waals surface area contributed by atoms with Gasteiger partial charge in [-0.3, -0.25) is 14.6 Å². The normalized spacial score (nSPS) is 15.0. The van der Waals surface area contributed by atoms with E-state index in [0.717, 1.165) is 15.6 Å². The van der Waals surface area contributed by atoms with Gasteiger partial charge >= 0.3 is 0 Å². The molecule has 24 heavy (non-hydrogen) atoms. The van der Waals surface area contributed by atoms with Crippen molar-refractivity contribution in [1.82, 2.24) is 14.8 Å². The molecular formula is C18H18IN3O2. The average Bonchev–Trinajstić information content (AvgIpc) is 2.88. The molecule has 6 heteroatoms. The Labute approximate surface area is 154 Å². The van der Waals surface area contributed by atoms with Crippen molar-refractivity contribution in [2.75, 3.05) is 26.2 Å². The minimum atomic E-state index is 0.000917. The summed E-state index contributed by atoms with van der Waals surface area (Å²) in [5.41, 5.74) is 1.37. The third-order valence-electron chi connectivity index (χ3n) is 4.10. The van der Waals surface area contributed by atoms with Gasteiger partial charge in [-0.25, -0.2) is 0 Å². The van der Waals surface area contributed by atoms with Crippen molar-refractivity contribution in [3.63, 3.8) is 0 Å². The van der Waals surface area contributed by atoms with Crippen LogP contribution in [0.2, 0.25) is 0 Å². The summed E-state index contributed by atoms with van der Waals surface area (Å²) in [5.74, 6) is 0.0409. The standard InChI is InChI=1S/C18H18IN3O2/c19-16-5-2-1-4-15(16)18(24)22-11-3-10-21(12-13-22)17(23)14-6-8-20-9-7-14/h1-2,4-9H,3,10-13H2. The Balaban J connectivity index is 1.68. The van der Waals surface area contributed by atoms with E-state index in [1.54, 1.807) is 24.5 Å². The molecule has 3 rings (SSSR count). The van der Waals surface area contributed by atoms with E-state index in [-0.39, 0.29) is 11.8 Å². The monoisotopic (exact) mass is 435 g/mol. The van der Waals surface area contributed by atoms with Crippen molar-refractivity contribution in [2.45, 2.75) is 6.42 Å². The van der Waals surface area contributed by atoms with E-state index in [1.165, 1.54) is 0 Å². The fraction of sp³-hybridized carbons (Fsp3) is 0.278. The highest BCUT2D eigenvalue weighted by Crippen LogP contribution is 2.16. The van der Waals surface area contributed by atoms with Crippen molar-refractivity contribution in [3.8, 4) is 0 Å². The van der Waals surface area contributed by atoms with Crippen LogP contribution in [0.15, 0.2) is 48.8 Å². The Morgan fingerprint density at radius 2 is 1.50 bits per heavy atom.